The standard InChI is InChI=1S/C7H12O2.C6H11Br/c8-7(9)6-4-2-1-3-5-6;7-6-4-2-1-3-5-6/h6H,1-5H2,(H,8,9);6H,1-5H2. The Labute approximate surface area is 107 Å². The van der Waals surface area contributed by atoms with Gasteiger partial charge < -0.3 is 5.11 Å². The lowest BCUT2D eigenvalue weighted by Crippen LogP contribution is -2.16. The lowest BCUT2D eigenvalue weighted by molar-refractivity contribution is -0.142. The predicted octanol–water partition coefficient (Wildman–Crippen LogP) is 4.37. The minimum absolute atomic E-state index is 0.0289. The van der Waals surface area contributed by atoms with E-state index in [1.807, 2.05) is 0 Å². The third kappa shape index (κ3) is 5.88. The second kappa shape index (κ2) is 8.10. The van der Waals surface area contributed by atoms with E-state index >= 15 is 0 Å². The normalized spacial score (nSPS) is 23.3. The second-order valence-electron chi connectivity index (χ2n) is 4.91. The molecule has 2 rings (SSSR count). The fourth-order valence-electron chi connectivity index (χ4n) is 2.40. The summed E-state index contributed by atoms with van der Waals surface area (Å²) in [5, 5.41) is 8.54. The van der Waals surface area contributed by atoms with Crippen LogP contribution in [-0.4, -0.2) is 15.9 Å². The second-order valence-corrected chi connectivity index (χ2v) is 6.20. The fourth-order valence-corrected chi connectivity index (χ4v) is 3.05. The smallest absolute Gasteiger partial charge is 0.306 e. The molecule has 0 spiro atoms. The largest absolute Gasteiger partial charge is 0.481 e. The van der Waals surface area contributed by atoms with Crippen molar-refractivity contribution in [1.82, 2.24) is 0 Å². The Morgan fingerprint density at radius 2 is 1.31 bits per heavy atom. The number of carboxylic acids is 1. The number of halogens is 1. The van der Waals surface area contributed by atoms with Gasteiger partial charge in [-0.05, 0) is 25.7 Å². The van der Waals surface area contributed by atoms with Crippen LogP contribution in [0, 0.1) is 5.92 Å². The number of carbonyl (C=O) groups is 1. The lowest BCUT2D eigenvalue weighted by Gasteiger charge is -2.16. The maximum atomic E-state index is 10.4. The number of carboxylic acid groups (broad SMARTS) is 1. The van der Waals surface area contributed by atoms with Gasteiger partial charge >= 0.3 is 5.97 Å². The molecule has 16 heavy (non-hydrogen) atoms. The average Bonchev–Trinajstić information content (AvgIpc) is 2.32. The highest BCUT2D eigenvalue weighted by atomic mass is 79.9. The highest BCUT2D eigenvalue weighted by Gasteiger charge is 2.19. The first kappa shape index (κ1) is 14.0. The van der Waals surface area contributed by atoms with E-state index in [1.54, 1.807) is 0 Å². The van der Waals surface area contributed by atoms with Gasteiger partial charge in [-0.25, -0.2) is 0 Å². The summed E-state index contributed by atoms with van der Waals surface area (Å²) in [6.07, 6.45) is 12.4. The van der Waals surface area contributed by atoms with E-state index in [2.05, 4.69) is 15.9 Å². The zero-order valence-corrected chi connectivity index (χ0v) is 11.5. The minimum Gasteiger partial charge on any atom is -0.481 e. The van der Waals surface area contributed by atoms with Crippen LogP contribution in [0.25, 0.3) is 0 Å². The third-order valence-electron chi connectivity index (χ3n) is 3.49. The molecule has 2 aliphatic carbocycles. The monoisotopic (exact) mass is 290 g/mol. The van der Waals surface area contributed by atoms with E-state index in [9.17, 15) is 4.79 Å². The van der Waals surface area contributed by atoms with Gasteiger partial charge in [-0.1, -0.05) is 54.5 Å². The molecule has 0 radical (unpaired) electrons. The average molecular weight is 291 g/mol. The zero-order chi connectivity index (χ0) is 11.8. The maximum absolute atomic E-state index is 10.4. The summed E-state index contributed by atoms with van der Waals surface area (Å²) in [5.74, 6) is -0.631. The van der Waals surface area contributed by atoms with Crippen molar-refractivity contribution in [3.63, 3.8) is 0 Å². The molecular formula is C13H23BrO2. The molecule has 0 aromatic rings. The fraction of sp³-hybridized carbons (Fsp3) is 0.923. The van der Waals surface area contributed by atoms with Gasteiger partial charge in [0.1, 0.15) is 0 Å². The van der Waals surface area contributed by atoms with Gasteiger partial charge in [-0.15, -0.1) is 0 Å². The topological polar surface area (TPSA) is 37.3 Å². The van der Waals surface area contributed by atoms with Crippen LogP contribution in [0.1, 0.15) is 64.2 Å². The van der Waals surface area contributed by atoms with E-state index < -0.39 is 5.97 Å². The van der Waals surface area contributed by atoms with Gasteiger partial charge in [-0.2, -0.15) is 0 Å². The van der Waals surface area contributed by atoms with Crippen LogP contribution >= 0.6 is 15.9 Å². The van der Waals surface area contributed by atoms with Crippen LogP contribution in [0.5, 0.6) is 0 Å². The van der Waals surface area contributed by atoms with Crippen LogP contribution < -0.4 is 0 Å². The van der Waals surface area contributed by atoms with E-state index in [-0.39, 0.29) is 5.92 Å². The summed E-state index contributed by atoms with van der Waals surface area (Å²) in [5.41, 5.74) is 0. The molecule has 0 aromatic heterocycles. The summed E-state index contributed by atoms with van der Waals surface area (Å²) in [4.78, 5) is 11.2. The molecule has 0 bridgehead atoms. The van der Waals surface area contributed by atoms with E-state index in [4.69, 9.17) is 5.11 Å². The number of hydrogen-bond donors (Lipinski definition) is 1. The van der Waals surface area contributed by atoms with E-state index in [0.717, 1.165) is 30.5 Å². The highest BCUT2D eigenvalue weighted by molar-refractivity contribution is 9.09. The van der Waals surface area contributed by atoms with Crippen molar-refractivity contribution in [2.75, 3.05) is 0 Å². The zero-order valence-electron chi connectivity index (χ0n) is 9.96. The van der Waals surface area contributed by atoms with Gasteiger partial charge in [0.2, 0.25) is 0 Å². The van der Waals surface area contributed by atoms with Crippen molar-refractivity contribution in [3.8, 4) is 0 Å². The Morgan fingerprint density at radius 3 is 1.56 bits per heavy atom. The number of hydrogen-bond acceptors (Lipinski definition) is 1. The van der Waals surface area contributed by atoms with Gasteiger partial charge in [0.05, 0.1) is 5.92 Å². The van der Waals surface area contributed by atoms with Gasteiger partial charge in [-0.3, -0.25) is 4.79 Å². The molecule has 0 atom stereocenters. The van der Waals surface area contributed by atoms with Crippen molar-refractivity contribution in [3.05, 3.63) is 0 Å². The summed E-state index contributed by atoms with van der Waals surface area (Å²) in [6.45, 7) is 0. The van der Waals surface area contributed by atoms with Crippen LogP contribution in [0.2, 0.25) is 0 Å². The highest BCUT2D eigenvalue weighted by Crippen LogP contribution is 2.23. The Balaban J connectivity index is 0.000000165. The molecule has 0 aliphatic heterocycles. The maximum Gasteiger partial charge on any atom is 0.306 e. The summed E-state index contributed by atoms with van der Waals surface area (Å²) in [6, 6.07) is 0. The van der Waals surface area contributed by atoms with Gasteiger partial charge in [0.15, 0.2) is 0 Å². The van der Waals surface area contributed by atoms with Gasteiger partial charge in [0, 0.05) is 4.83 Å². The molecule has 2 fully saturated rings. The van der Waals surface area contributed by atoms with Crippen molar-refractivity contribution in [1.29, 1.82) is 0 Å². The van der Waals surface area contributed by atoms with Crippen LogP contribution in [-0.2, 0) is 4.79 Å². The molecule has 3 heteroatoms. The quantitative estimate of drug-likeness (QED) is 0.729. The summed E-state index contributed by atoms with van der Waals surface area (Å²) in [7, 11) is 0. The molecule has 0 saturated heterocycles. The Bertz CT molecular complexity index is 194. The first-order valence-corrected chi connectivity index (χ1v) is 7.48. The number of rotatable bonds is 1. The van der Waals surface area contributed by atoms with Crippen LogP contribution in [0.4, 0.5) is 0 Å². The Hall–Kier alpha value is -0.0500. The molecule has 2 nitrogen and oxygen atoms in total. The molecule has 1 N–H and O–H groups in total. The molecule has 0 heterocycles. The number of alkyl halides is 1. The van der Waals surface area contributed by atoms with Crippen molar-refractivity contribution < 1.29 is 9.90 Å². The minimum atomic E-state index is -0.602. The third-order valence-corrected chi connectivity index (χ3v) is 4.40. The van der Waals surface area contributed by atoms with E-state index in [0.29, 0.717) is 0 Å². The molecule has 0 unspecified atom stereocenters. The van der Waals surface area contributed by atoms with Crippen molar-refractivity contribution in [2.24, 2.45) is 5.92 Å². The summed E-state index contributed by atoms with van der Waals surface area (Å²) < 4.78 is 0. The first-order chi connectivity index (χ1) is 7.70. The van der Waals surface area contributed by atoms with E-state index in [1.165, 1.54) is 38.5 Å². The summed E-state index contributed by atoms with van der Waals surface area (Å²) >= 11 is 3.59. The van der Waals surface area contributed by atoms with Crippen LogP contribution in [0.3, 0.4) is 0 Å². The predicted molar refractivity (Wildman–Crippen MR) is 70.0 cm³/mol. The molecular weight excluding hydrogens is 268 g/mol. The van der Waals surface area contributed by atoms with Gasteiger partial charge in [0.25, 0.3) is 0 Å². The van der Waals surface area contributed by atoms with Crippen molar-refractivity contribution in [2.45, 2.75) is 69.0 Å². The SMILES string of the molecule is BrC1CCCCC1.O=C(O)C1CCCCC1. The molecule has 2 aliphatic rings. The molecule has 2 saturated carbocycles. The molecule has 94 valence electrons. The lowest BCUT2D eigenvalue weighted by atomic mass is 9.90. The molecule has 0 aromatic carbocycles. The molecule has 0 amide bonds. The first-order valence-electron chi connectivity index (χ1n) is 6.57. The Morgan fingerprint density at radius 1 is 0.875 bits per heavy atom. The van der Waals surface area contributed by atoms with Crippen molar-refractivity contribution >= 4 is 21.9 Å². The Kier molecular flexibility index (Phi) is 7.10. The van der Waals surface area contributed by atoms with Crippen LogP contribution in [0.15, 0.2) is 0 Å². The number of aliphatic carboxylic acids is 1.